The van der Waals surface area contributed by atoms with Gasteiger partial charge in [0.05, 0.1) is 0 Å². The molecule has 133 valence electrons. The van der Waals surface area contributed by atoms with E-state index in [1.807, 2.05) is 19.1 Å². The van der Waals surface area contributed by atoms with E-state index in [0.717, 1.165) is 5.56 Å². The van der Waals surface area contributed by atoms with Crippen molar-refractivity contribution < 1.29 is 14.6 Å². The van der Waals surface area contributed by atoms with Crippen LogP contribution in [0.4, 0.5) is 0 Å². The first kappa shape index (κ1) is 20.1. The molecule has 0 aliphatic heterocycles. The second-order valence-electron chi connectivity index (χ2n) is 5.69. The molecule has 0 aliphatic carbocycles. The Balaban J connectivity index is 0.000000187. The Hall–Kier alpha value is -2.25. The number of carbonyl (C=O) groups is 1. The number of aryl methyl sites for hydroxylation is 1. The Kier molecular flexibility index (Phi) is 8.24. The molecule has 1 N–H and O–H groups in total. The van der Waals surface area contributed by atoms with Crippen molar-refractivity contribution in [2.75, 3.05) is 0 Å². The number of carboxylic acid groups (broad SMARTS) is 1. The van der Waals surface area contributed by atoms with Gasteiger partial charge >= 0.3 is 95.3 Å². The number of aliphatic carboxylic acids is 1. The molecule has 3 rings (SSSR count). The number of hydrogen-bond acceptors (Lipinski definition) is 2. The van der Waals surface area contributed by atoms with E-state index in [4.69, 9.17) is 9.84 Å². The second kappa shape index (κ2) is 10.7. The fourth-order valence-corrected chi connectivity index (χ4v) is 4.71. The van der Waals surface area contributed by atoms with E-state index in [9.17, 15) is 4.79 Å². The molecule has 3 aromatic rings. The van der Waals surface area contributed by atoms with Gasteiger partial charge in [-0.25, -0.2) is 4.79 Å². The number of hydrogen-bond donors (Lipinski definition) is 1. The minimum atomic E-state index is -0.958. The van der Waals surface area contributed by atoms with Crippen LogP contribution in [0, 0.1) is 6.92 Å². The van der Waals surface area contributed by atoms with Crippen molar-refractivity contribution in [3.05, 3.63) is 90.5 Å². The van der Waals surface area contributed by atoms with E-state index in [-0.39, 0.29) is 21.6 Å². The van der Waals surface area contributed by atoms with E-state index in [2.05, 4.69) is 60.7 Å². The van der Waals surface area contributed by atoms with Crippen LogP contribution in [0.15, 0.2) is 84.9 Å². The van der Waals surface area contributed by atoms with E-state index in [1.54, 1.807) is 12.1 Å². The van der Waals surface area contributed by atoms with Gasteiger partial charge in [-0.05, 0) is 26.0 Å². The van der Waals surface area contributed by atoms with Crippen molar-refractivity contribution in [3.8, 4) is 5.75 Å². The van der Waals surface area contributed by atoms with Gasteiger partial charge in [0.1, 0.15) is 5.75 Å². The predicted molar refractivity (Wildman–Crippen MR) is 107 cm³/mol. The third-order valence-electron chi connectivity index (χ3n) is 3.45. The third kappa shape index (κ3) is 7.33. The maximum atomic E-state index is 10.4. The van der Waals surface area contributed by atoms with E-state index in [1.165, 1.54) is 13.9 Å². The van der Waals surface area contributed by atoms with Crippen molar-refractivity contribution in [1.29, 1.82) is 0 Å². The summed E-state index contributed by atoms with van der Waals surface area (Å²) < 4.78 is 8.17. The van der Waals surface area contributed by atoms with Crippen molar-refractivity contribution in [2.45, 2.75) is 20.0 Å². The molecule has 0 saturated heterocycles. The summed E-state index contributed by atoms with van der Waals surface area (Å²) in [4.78, 5) is 10.4. The first-order valence-corrected chi connectivity index (χ1v) is 10.9. The Morgan fingerprint density at radius 2 is 1.31 bits per heavy atom. The molecular formula is C22H22O3Sb. The summed E-state index contributed by atoms with van der Waals surface area (Å²) in [5.41, 5.74) is 1.12. The fraction of sp³-hybridized carbons (Fsp3) is 0.136. The van der Waals surface area contributed by atoms with Gasteiger partial charge in [0.2, 0.25) is 0 Å². The first-order chi connectivity index (χ1) is 12.5. The average Bonchev–Trinajstić information content (AvgIpc) is 2.66. The van der Waals surface area contributed by atoms with Crippen molar-refractivity contribution in [3.63, 3.8) is 0 Å². The number of benzene rings is 3. The van der Waals surface area contributed by atoms with Gasteiger partial charge < -0.3 is 9.84 Å². The van der Waals surface area contributed by atoms with Crippen LogP contribution in [-0.4, -0.2) is 38.8 Å². The van der Waals surface area contributed by atoms with E-state index < -0.39 is 12.1 Å². The van der Waals surface area contributed by atoms with Crippen molar-refractivity contribution in [1.82, 2.24) is 0 Å². The molecule has 0 spiro atoms. The fourth-order valence-electron chi connectivity index (χ4n) is 2.03. The van der Waals surface area contributed by atoms with Gasteiger partial charge in [-0.3, -0.25) is 0 Å². The molecular weight excluding hydrogens is 434 g/mol. The zero-order valence-corrected chi connectivity index (χ0v) is 17.4. The molecule has 3 nitrogen and oxygen atoms in total. The van der Waals surface area contributed by atoms with Gasteiger partial charge in [0, 0.05) is 0 Å². The molecule has 3 aromatic carbocycles. The summed E-state index contributed by atoms with van der Waals surface area (Å²) in [7, 11) is 0. The normalized spacial score (nSPS) is 11.0. The van der Waals surface area contributed by atoms with E-state index >= 15 is 0 Å². The molecule has 1 radical (unpaired) electrons. The zero-order valence-electron chi connectivity index (χ0n) is 14.9. The summed E-state index contributed by atoms with van der Waals surface area (Å²) >= 11 is -0.335. The average molecular weight is 456 g/mol. The Morgan fingerprint density at radius 3 is 1.73 bits per heavy atom. The Bertz CT molecular complexity index is 749. The number of rotatable bonds is 5. The Labute approximate surface area is 165 Å². The van der Waals surface area contributed by atoms with Crippen molar-refractivity contribution >= 4 is 34.6 Å². The molecule has 0 amide bonds. The molecule has 0 heterocycles. The third-order valence-corrected chi connectivity index (χ3v) is 6.63. The monoisotopic (exact) mass is 455 g/mol. The van der Waals surface area contributed by atoms with Gasteiger partial charge in [0.15, 0.2) is 6.10 Å². The molecule has 0 saturated carbocycles. The maximum absolute atomic E-state index is 10.4. The number of ether oxygens (including phenoxy) is 1. The van der Waals surface area contributed by atoms with Gasteiger partial charge in [-0.1, -0.05) is 17.7 Å². The molecule has 0 aliphatic rings. The summed E-state index contributed by atoms with van der Waals surface area (Å²) in [6.07, 6.45) is -0.803. The summed E-state index contributed by atoms with van der Waals surface area (Å²) in [6, 6.07) is 28.8. The SMILES string of the molecule is Cc1ccc(OC(C)C(=O)O)cc1.c1cc[c]([Sb][c]2ccccc2)cc1. The van der Waals surface area contributed by atoms with Crippen LogP contribution in [0.3, 0.4) is 0 Å². The summed E-state index contributed by atoms with van der Waals surface area (Å²) in [5.74, 6) is -0.374. The predicted octanol–water partition coefficient (Wildman–Crippen LogP) is 3.19. The molecule has 1 unspecified atom stereocenters. The summed E-state index contributed by atoms with van der Waals surface area (Å²) in [6.45, 7) is 3.46. The second-order valence-corrected chi connectivity index (χ2v) is 9.28. The molecule has 0 bridgehead atoms. The molecule has 0 fully saturated rings. The van der Waals surface area contributed by atoms with Crippen LogP contribution in [0.5, 0.6) is 5.75 Å². The van der Waals surface area contributed by atoms with Gasteiger partial charge in [-0.2, -0.15) is 0 Å². The summed E-state index contributed by atoms with van der Waals surface area (Å²) in [5, 5.41) is 8.57. The van der Waals surface area contributed by atoms with Crippen LogP contribution >= 0.6 is 0 Å². The molecule has 4 heteroatoms. The standard InChI is InChI=1S/C10H12O3.2C6H5.Sb/c1-7-3-5-9(6-4-7)13-8(2)10(11)12;2*1-2-4-6-5-3-1;/h3-6,8H,1-2H3,(H,11,12);2*1-5H;. The van der Waals surface area contributed by atoms with Crippen molar-refractivity contribution in [2.24, 2.45) is 0 Å². The molecule has 1 atom stereocenters. The topological polar surface area (TPSA) is 46.5 Å². The van der Waals surface area contributed by atoms with Crippen LogP contribution in [0.1, 0.15) is 12.5 Å². The minimum absolute atomic E-state index is 0.335. The first-order valence-electron chi connectivity index (χ1n) is 8.32. The van der Waals surface area contributed by atoms with Crippen LogP contribution < -0.4 is 11.8 Å². The zero-order chi connectivity index (χ0) is 18.8. The Morgan fingerprint density at radius 1 is 0.846 bits per heavy atom. The van der Waals surface area contributed by atoms with Crippen LogP contribution in [-0.2, 0) is 4.79 Å². The van der Waals surface area contributed by atoms with Gasteiger partial charge in [-0.15, -0.1) is 0 Å². The molecule has 26 heavy (non-hydrogen) atoms. The van der Waals surface area contributed by atoms with E-state index in [0.29, 0.717) is 5.75 Å². The molecule has 0 aromatic heterocycles. The van der Waals surface area contributed by atoms with Gasteiger partial charge in [0.25, 0.3) is 0 Å². The quantitative estimate of drug-likeness (QED) is 0.601. The number of carboxylic acids is 1. The van der Waals surface area contributed by atoms with Crippen LogP contribution in [0.2, 0.25) is 0 Å². The van der Waals surface area contributed by atoms with Crippen LogP contribution in [0.25, 0.3) is 0 Å².